The van der Waals surface area contributed by atoms with Crippen LogP contribution in [0.2, 0.25) is 0 Å². The van der Waals surface area contributed by atoms with E-state index in [0.29, 0.717) is 44.9 Å². The summed E-state index contributed by atoms with van der Waals surface area (Å²) >= 11 is 0. The summed E-state index contributed by atoms with van der Waals surface area (Å²) in [6, 6.07) is 5.09. The number of morpholine rings is 1. The summed E-state index contributed by atoms with van der Waals surface area (Å²) in [5, 5.41) is 8.83. The second kappa shape index (κ2) is 7.49. The number of ether oxygens (including phenoxy) is 1. The molecule has 132 valence electrons. The van der Waals surface area contributed by atoms with Crippen molar-refractivity contribution in [2.45, 2.75) is 13.0 Å². The van der Waals surface area contributed by atoms with Crippen molar-refractivity contribution in [2.75, 3.05) is 50.8 Å². The molecule has 0 radical (unpaired) electrons. The number of hydrogen-bond donors (Lipinski definition) is 0. The summed E-state index contributed by atoms with van der Waals surface area (Å²) in [4.78, 5) is 34.3. The molecule has 2 amide bonds. The Bertz CT molecular complexity index is 677. The van der Waals surface area contributed by atoms with Crippen molar-refractivity contribution < 1.29 is 14.3 Å². The zero-order chi connectivity index (χ0) is 17.8. The molecule has 3 heterocycles. The predicted molar refractivity (Wildman–Crippen MR) is 89.7 cm³/mol. The third-order valence-corrected chi connectivity index (χ3v) is 4.61. The van der Waals surface area contributed by atoms with Crippen molar-refractivity contribution in [3.63, 3.8) is 0 Å². The number of carbonyl (C=O) groups is 2. The van der Waals surface area contributed by atoms with Gasteiger partial charge in [0, 0.05) is 45.8 Å². The molecule has 0 saturated carbocycles. The van der Waals surface area contributed by atoms with Crippen LogP contribution < -0.4 is 4.90 Å². The van der Waals surface area contributed by atoms with Crippen LogP contribution in [-0.2, 0) is 14.3 Å². The van der Waals surface area contributed by atoms with E-state index in [0.717, 1.165) is 5.82 Å². The summed E-state index contributed by atoms with van der Waals surface area (Å²) in [7, 11) is 0. The quantitative estimate of drug-likeness (QED) is 0.742. The lowest BCUT2D eigenvalue weighted by molar-refractivity contribution is -0.153. The van der Waals surface area contributed by atoms with E-state index in [1.165, 1.54) is 6.92 Å². The number of carbonyl (C=O) groups excluding carboxylic acids is 2. The van der Waals surface area contributed by atoms with Crippen LogP contribution in [0.4, 0.5) is 5.82 Å². The third-order valence-electron chi connectivity index (χ3n) is 4.61. The summed E-state index contributed by atoms with van der Waals surface area (Å²) in [5.41, 5.74) is 0.527. The normalized spacial score (nSPS) is 21.0. The minimum atomic E-state index is -0.522. The van der Waals surface area contributed by atoms with Crippen LogP contribution in [0.5, 0.6) is 0 Å². The van der Waals surface area contributed by atoms with Crippen molar-refractivity contribution in [1.82, 2.24) is 14.8 Å². The summed E-state index contributed by atoms with van der Waals surface area (Å²) in [6.45, 7) is 5.15. The van der Waals surface area contributed by atoms with Gasteiger partial charge in [0.15, 0.2) is 0 Å². The summed E-state index contributed by atoms with van der Waals surface area (Å²) in [5.74, 6) is 0.655. The summed E-state index contributed by atoms with van der Waals surface area (Å²) in [6.07, 6.45) is 1.55. The highest BCUT2D eigenvalue weighted by Crippen LogP contribution is 2.16. The van der Waals surface area contributed by atoms with E-state index < -0.39 is 6.04 Å². The highest BCUT2D eigenvalue weighted by atomic mass is 16.5. The third kappa shape index (κ3) is 3.72. The molecular weight excluding hydrogens is 322 g/mol. The second-order valence-corrected chi connectivity index (χ2v) is 6.13. The van der Waals surface area contributed by atoms with Gasteiger partial charge in [-0.2, -0.15) is 5.26 Å². The van der Waals surface area contributed by atoms with Crippen LogP contribution in [0, 0.1) is 11.3 Å². The standard InChI is InChI=1S/C17H21N5O3/c1-13(23)22-8-9-25-12-15(22)17(24)21-6-4-20(5-7-21)16-3-2-14(10-18)11-19-16/h2-3,11,15H,4-9,12H2,1H3. The Hall–Kier alpha value is -2.66. The van der Waals surface area contributed by atoms with Crippen molar-refractivity contribution in [1.29, 1.82) is 5.26 Å². The molecule has 2 saturated heterocycles. The molecule has 2 fully saturated rings. The van der Waals surface area contributed by atoms with Gasteiger partial charge in [-0.15, -0.1) is 0 Å². The van der Waals surface area contributed by atoms with Gasteiger partial charge < -0.3 is 19.4 Å². The Labute approximate surface area is 146 Å². The Morgan fingerprint density at radius 3 is 2.60 bits per heavy atom. The highest BCUT2D eigenvalue weighted by Gasteiger charge is 2.35. The Kier molecular flexibility index (Phi) is 5.14. The van der Waals surface area contributed by atoms with E-state index >= 15 is 0 Å². The largest absolute Gasteiger partial charge is 0.377 e. The number of amides is 2. The molecule has 0 aromatic carbocycles. The van der Waals surface area contributed by atoms with Gasteiger partial charge >= 0.3 is 0 Å². The lowest BCUT2D eigenvalue weighted by atomic mass is 10.1. The SMILES string of the molecule is CC(=O)N1CCOCC1C(=O)N1CCN(c2ccc(C#N)cn2)CC1. The van der Waals surface area contributed by atoms with Crippen molar-refractivity contribution >= 4 is 17.6 Å². The fourth-order valence-electron chi connectivity index (χ4n) is 3.19. The molecule has 1 aromatic rings. The monoisotopic (exact) mass is 343 g/mol. The average Bonchev–Trinajstić information content (AvgIpc) is 2.67. The summed E-state index contributed by atoms with van der Waals surface area (Å²) < 4.78 is 5.40. The van der Waals surface area contributed by atoms with Gasteiger partial charge in [-0.3, -0.25) is 9.59 Å². The van der Waals surface area contributed by atoms with Crippen LogP contribution in [0.15, 0.2) is 18.3 Å². The molecule has 1 unspecified atom stereocenters. The number of anilines is 1. The van der Waals surface area contributed by atoms with Crippen LogP contribution in [0.3, 0.4) is 0 Å². The molecule has 0 N–H and O–H groups in total. The topological polar surface area (TPSA) is 89.8 Å². The van der Waals surface area contributed by atoms with E-state index in [1.807, 2.05) is 6.07 Å². The Morgan fingerprint density at radius 2 is 2.00 bits per heavy atom. The first-order valence-corrected chi connectivity index (χ1v) is 8.35. The van der Waals surface area contributed by atoms with Gasteiger partial charge in [0.2, 0.25) is 11.8 Å². The average molecular weight is 343 g/mol. The first-order chi connectivity index (χ1) is 12.1. The predicted octanol–water partition coefficient (Wildman–Crippen LogP) is -0.151. The van der Waals surface area contributed by atoms with Gasteiger partial charge in [0.1, 0.15) is 17.9 Å². The maximum absolute atomic E-state index is 12.8. The Balaban J connectivity index is 1.60. The van der Waals surface area contributed by atoms with E-state index in [1.54, 1.807) is 22.1 Å². The van der Waals surface area contributed by atoms with Crippen LogP contribution >= 0.6 is 0 Å². The lowest BCUT2D eigenvalue weighted by Crippen LogP contribution is -2.59. The number of piperazine rings is 1. The number of nitriles is 1. The van der Waals surface area contributed by atoms with Crippen LogP contribution in [-0.4, -0.2) is 78.6 Å². The zero-order valence-corrected chi connectivity index (χ0v) is 14.2. The van der Waals surface area contributed by atoms with E-state index in [2.05, 4.69) is 16.0 Å². The maximum atomic E-state index is 12.8. The van der Waals surface area contributed by atoms with Crippen LogP contribution in [0.1, 0.15) is 12.5 Å². The molecular formula is C17H21N5O3. The first-order valence-electron chi connectivity index (χ1n) is 8.35. The number of aromatic nitrogens is 1. The molecule has 2 aliphatic rings. The number of pyridine rings is 1. The Morgan fingerprint density at radius 1 is 1.24 bits per heavy atom. The molecule has 1 atom stereocenters. The van der Waals surface area contributed by atoms with Gasteiger partial charge in [0.05, 0.1) is 18.8 Å². The maximum Gasteiger partial charge on any atom is 0.247 e. The molecule has 2 aliphatic heterocycles. The lowest BCUT2D eigenvalue weighted by Gasteiger charge is -2.40. The molecule has 8 nitrogen and oxygen atoms in total. The number of nitrogens with zero attached hydrogens (tertiary/aromatic N) is 5. The van der Waals surface area contributed by atoms with Crippen molar-refractivity contribution in [3.05, 3.63) is 23.9 Å². The van der Waals surface area contributed by atoms with Gasteiger partial charge in [-0.25, -0.2) is 4.98 Å². The number of hydrogen-bond acceptors (Lipinski definition) is 6. The molecule has 0 spiro atoms. The van der Waals surface area contributed by atoms with E-state index in [-0.39, 0.29) is 18.4 Å². The highest BCUT2D eigenvalue weighted by molar-refractivity contribution is 5.87. The molecule has 0 aliphatic carbocycles. The smallest absolute Gasteiger partial charge is 0.247 e. The fraction of sp³-hybridized carbons (Fsp3) is 0.529. The number of rotatable bonds is 2. The second-order valence-electron chi connectivity index (χ2n) is 6.13. The van der Waals surface area contributed by atoms with Crippen molar-refractivity contribution in [2.24, 2.45) is 0 Å². The molecule has 25 heavy (non-hydrogen) atoms. The molecule has 1 aromatic heterocycles. The minimum Gasteiger partial charge on any atom is -0.377 e. The molecule has 0 bridgehead atoms. The first kappa shape index (κ1) is 17.2. The van der Waals surface area contributed by atoms with Crippen molar-refractivity contribution in [3.8, 4) is 6.07 Å². The fourth-order valence-corrected chi connectivity index (χ4v) is 3.19. The molecule has 8 heteroatoms. The van der Waals surface area contributed by atoms with Crippen LogP contribution in [0.25, 0.3) is 0 Å². The van der Waals surface area contributed by atoms with E-state index in [4.69, 9.17) is 10.00 Å². The minimum absolute atomic E-state index is 0.0534. The van der Waals surface area contributed by atoms with Gasteiger partial charge in [-0.05, 0) is 12.1 Å². The van der Waals surface area contributed by atoms with Gasteiger partial charge in [0.25, 0.3) is 0 Å². The zero-order valence-electron chi connectivity index (χ0n) is 14.2. The van der Waals surface area contributed by atoms with Gasteiger partial charge in [-0.1, -0.05) is 0 Å². The van der Waals surface area contributed by atoms with E-state index in [9.17, 15) is 9.59 Å². The molecule has 3 rings (SSSR count).